The fourth-order valence-electron chi connectivity index (χ4n) is 3.22. The lowest BCUT2D eigenvalue weighted by Crippen LogP contribution is -2.53. The second-order valence-corrected chi connectivity index (χ2v) is 10.2. The van der Waals surface area contributed by atoms with Gasteiger partial charge in [-0.25, -0.2) is 0 Å². The van der Waals surface area contributed by atoms with Crippen LogP contribution in [0, 0.1) is 0 Å². The van der Waals surface area contributed by atoms with E-state index >= 15 is 0 Å². The molecule has 0 spiro atoms. The molecule has 0 unspecified atom stereocenters. The standard InChI is InChI=1S/C17H18N2O6S3/c1-10-9-17(2,3)18-16(26)19(10)12-5-4-11-6-13(27(20,21)22)8-15(14(11)7-12)28(23,24)25/h4-9H,1-3H3,(H,18,26)(H,20,21,22)(H,23,24,25). The second kappa shape index (κ2) is 6.49. The van der Waals surface area contributed by atoms with E-state index in [0.717, 1.165) is 17.8 Å². The fourth-order valence-corrected chi connectivity index (χ4v) is 5.08. The minimum Gasteiger partial charge on any atom is -0.354 e. The first-order chi connectivity index (χ1) is 12.7. The van der Waals surface area contributed by atoms with Crippen LogP contribution in [0.15, 0.2) is 51.9 Å². The Morgan fingerprint density at radius 2 is 1.68 bits per heavy atom. The van der Waals surface area contributed by atoms with Crippen LogP contribution in [0.1, 0.15) is 20.8 Å². The van der Waals surface area contributed by atoms with Crippen molar-refractivity contribution in [2.45, 2.75) is 36.1 Å². The molecule has 0 saturated carbocycles. The van der Waals surface area contributed by atoms with Gasteiger partial charge >= 0.3 is 0 Å². The molecule has 1 heterocycles. The highest BCUT2D eigenvalue weighted by Gasteiger charge is 2.28. The van der Waals surface area contributed by atoms with Crippen LogP contribution < -0.4 is 10.2 Å². The van der Waals surface area contributed by atoms with Gasteiger partial charge in [-0.1, -0.05) is 6.07 Å². The van der Waals surface area contributed by atoms with E-state index in [1.807, 2.05) is 26.8 Å². The molecule has 0 atom stereocenters. The van der Waals surface area contributed by atoms with Gasteiger partial charge in [0.25, 0.3) is 20.2 Å². The second-order valence-electron chi connectivity index (χ2n) is 7.05. The van der Waals surface area contributed by atoms with E-state index in [4.69, 9.17) is 12.2 Å². The maximum atomic E-state index is 11.8. The minimum absolute atomic E-state index is 0.0906. The third-order valence-electron chi connectivity index (χ3n) is 4.26. The molecule has 0 aromatic heterocycles. The molecular formula is C17H18N2O6S3. The van der Waals surface area contributed by atoms with Crippen LogP contribution in [-0.4, -0.2) is 36.6 Å². The molecule has 1 aliphatic rings. The van der Waals surface area contributed by atoms with Crippen molar-refractivity contribution in [3.05, 3.63) is 42.1 Å². The summed E-state index contributed by atoms with van der Waals surface area (Å²) in [5.74, 6) is 0. The molecule has 0 aliphatic carbocycles. The maximum Gasteiger partial charge on any atom is 0.295 e. The number of hydrogen-bond acceptors (Lipinski definition) is 5. The zero-order chi connectivity index (χ0) is 21.1. The van der Waals surface area contributed by atoms with Crippen LogP contribution in [-0.2, 0) is 20.2 Å². The van der Waals surface area contributed by atoms with Crippen LogP contribution in [0.5, 0.6) is 0 Å². The molecule has 3 N–H and O–H groups in total. The highest BCUT2D eigenvalue weighted by atomic mass is 32.2. The van der Waals surface area contributed by atoms with Crippen molar-refractivity contribution < 1.29 is 25.9 Å². The van der Waals surface area contributed by atoms with Gasteiger partial charge in [-0.15, -0.1) is 0 Å². The first-order valence-corrected chi connectivity index (χ1v) is 11.3. The molecule has 28 heavy (non-hydrogen) atoms. The maximum absolute atomic E-state index is 11.8. The van der Waals surface area contributed by atoms with Gasteiger partial charge < -0.3 is 5.32 Å². The Balaban J connectivity index is 2.29. The van der Waals surface area contributed by atoms with Crippen molar-refractivity contribution in [2.75, 3.05) is 4.90 Å². The zero-order valence-corrected chi connectivity index (χ0v) is 17.6. The van der Waals surface area contributed by atoms with Crippen molar-refractivity contribution >= 4 is 54.0 Å². The molecule has 2 aromatic carbocycles. The van der Waals surface area contributed by atoms with Gasteiger partial charge in [0.2, 0.25) is 0 Å². The Kier molecular flexibility index (Phi) is 4.79. The fraction of sp³-hybridized carbons (Fsp3) is 0.235. The van der Waals surface area contributed by atoms with Gasteiger partial charge in [-0.2, -0.15) is 16.8 Å². The van der Waals surface area contributed by atoms with E-state index in [-0.39, 0.29) is 16.3 Å². The monoisotopic (exact) mass is 442 g/mol. The number of rotatable bonds is 3. The summed E-state index contributed by atoms with van der Waals surface area (Å²) in [7, 11) is -9.43. The summed E-state index contributed by atoms with van der Waals surface area (Å²) in [5.41, 5.74) is 0.994. The topological polar surface area (TPSA) is 124 Å². The van der Waals surface area contributed by atoms with Gasteiger partial charge in [-0.3, -0.25) is 14.0 Å². The van der Waals surface area contributed by atoms with Crippen molar-refractivity contribution in [1.29, 1.82) is 0 Å². The molecule has 0 fully saturated rings. The van der Waals surface area contributed by atoms with Crippen LogP contribution >= 0.6 is 12.2 Å². The van der Waals surface area contributed by atoms with E-state index in [9.17, 15) is 25.9 Å². The average Bonchev–Trinajstić information content (AvgIpc) is 2.49. The third kappa shape index (κ3) is 3.89. The van der Waals surface area contributed by atoms with E-state index in [1.54, 1.807) is 11.0 Å². The third-order valence-corrected chi connectivity index (χ3v) is 6.27. The lowest BCUT2D eigenvalue weighted by atomic mass is 10.0. The highest BCUT2D eigenvalue weighted by molar-refractivity contribution is 7.86. The average molecular weight is 443 g/mol. The largest absolute Gasteiger partial charge is 0.354 e. The number of nitrogens with one attached hydrogen (secondary N) is 1. The molecule has 0 amide bonds. The van der Waals surface area contributed by atoms with Crippen LogP contribution in [0.4, 0.5) is 5.69 Å². The summed E-state index contributed by atoms with van der Waals surface area (Å²) in [4.78, 5) is 0.440. The molecule has 8 nitrogen and oxygen atoms in total. The first-order valence-electron chi connectivity index (χ1n) is 8.04. The Labute approximate surface area is 168 Å². The van der Waals surface area contributed by atoms with Gasteiger partial charge in [-0.05, 0) is 68.7 Å². The first kappa shape index (κ1) is 20.7. The van der Waals surface area contributed by atoms with Crippen molar-refractivity contribution in [1.82, 2.24) is 5.32 Å². The normalized spacial score (nSPS) is 17.4. The number of nitrogens with zero attached hydrogens (tertiary/aromatic N) is 1. The Morgan fingerprint density at radius 1 is 1.04 bits per heavy atom. The van der Waals surface area contributed by atoms with Crippen LogP contribution in [0.2, 0.25) is 0 Å². The number of anilines is 1. The van der Waals surface area contributed by atoms with Crippen molar-refractivity contribution in [3.8, 4) is 0 Å². The molecule has 0 bridgehead atoms. The molecule has 0 radical (unpaired) electrons. The van der Waals surface area contributed by atoms with Crippen LogP contribution in [0.25, 0.3) is 10.8 Å². The summed E-state index contributed by atoms with van der Waals surface area (Å²) in [6, 6.07) is 6.45. The van der Waals surface area contributed by atoms with Gasteiger partial charge in [0.15, 0.2) is 5.11 Å². The molecular weight excluding hydrogens is 424 g/mol. The molecule has 3 rings (SSSR count). The molecule has 150 valence electrons. The SMILES string of the molecule is CC1=CC(C)(C)NC(=S)N1c1ccc2cc(S(=O)(=O)O)cc(S(=O)(=O)O)c2c1. The molecule has 0 saturated heterocycles. The van der Waals surface area contributed by atoms with Gasteiger partial charge in [0.05, 0.1) is 10.4 Å². The van der Waals surface area contributed by atoms with Crippen LogP contribution in [0.3, 0.4) is 0 Å². The van der Waals surface area contributed by atoms with E-state index in [2.05, 4.69) is 5.32 Å². The summed E-state index contributed by atoms with van der Waals surface area (Å²) in [6.45, 7) is 5.76. The van der Waals surface area contributed by atoms with E-state index in [1.165, 1.54) is 12.1 Å². The Morgan fingerprint density at radius 3 is 2.21 bits per heavy atom. The number of allylic oxidation sites excluding steroid dienone is 1. The molecule has 1 aliphatic heterocycles. The Hall–Kier alpha value is -2.05. The number of hydrogen-bond donors (Lipinski definition) is 3. The minimum atomic E-state index is -4.76. The predicted molar refractivity (Wildman–Crippen MR) is 110 cm³/mol. The summed E-state index contributed by atoms with van der Waals surface area (Å²) in [6.07, 6.45) is 1.96. The summed E-state index contributed by atoms with van der Waals surface area (Å²) >= 11 is 5.43. The van der Waals surface area contributed by atoms with E-state index < -0.39 is 30.0 Å². The lowest BCUT2D eigenvalue weighted by molar-refractivity contribution is 0.482. The van der Waals surface area contributed by atoms with Crippen molar-refractivity contribution in [2.24, 2.45) is 0 Å². The van der Waals surface area contributed by atoms with Gasteiger partial charge in [0, 0.05) is 16.8 Å². The summed E-state index contributed by atoms with van der Waals surface area (Å²) in [5, 5.41) is 3.87. The quantitative estimate of drug-likeness (QED) is 0.486. The highest BCUT2D eigenvalue weighted by Crippen LogP contribution is 2.33. The molecule has 11 heteroatoms. The van der Waals surface area contributed by atoms with Crippen molar-refractivity contribution in [3.63, 3.8) is 0 Å². The number of fused-ring (bicyclic) bond motifs is 1. The van der Waals surface area contributed by atoms with Gasteiger partial charge in [0.1, 0.15) is 4.90 Å². The number of thiocarbonyl (C=S) groups is 1. The zero-order valence-electron chi connectivity index (χ0n) is 15.2. The number of benzene rings is 2. The summed E-state index contributed by atoms with van der Waals surface area (Å²) < 4.78 is 65.5. The van der Waals surface area contributed by atoms with E-state index in [0.29, 0.717) is 10.8 Å². The Bertz CT molecular complexity index is 1250. The molecule has 2 aromatic rings. The lowest BCUT2D eigenvalue weighted by Gasteiger charge is -2.38. The predicted octanol–water partition coefficient (Wildman–Crippen LogP) is 2.71. The smallest absolute Gasteiger partial charge is 0.295 e.